The van der Waals surface area contributed by atoms with E-state index in [0.717, 1.165) is 0 Å². The first-order chi connectivity index (χ1) is 17.0. The van der Waals surface area contributed by atoms with Crippen LogP contribution in [0.5, 0.6) is 23.0 Å². The van der Waals surface area contributed by atoms with Gasteiger partial charge in [-0.2, -0.15) is 0 Å². The van der Waals surface area contributed by atoms with Crippen LogP contribution in [0.1, 0.15) is 0 Å². The van der Waals surface area contributed by atoms with Crippen molar-refractivity contribution in [1.82, 2.24) is 15.0 Å². The maximum atomic E-state index is 10.8. The Morgan fingerprint density at radius 1 is 0.629 bits per heavy atom. The summed E-state index contributed by atoms with van der Waals surface area (Å²) in [5, 5.41) is 40.3. The van der Waals surface area contributed by atoms with Crippen LogP contribution in [0.15, 0.2) is 60.7 Å². The largest absolute Gasteiger partial charge is 0.504 e. The second-order valence-corrected chi connectivity index (χ2v) is 7.70. The molecule has 3 aromatic carbocycles. The van der Waals surface area contributed by atoms with Crippen LogP contribution in [-0.2, 0) is 0 Å². The molecule has 1 aromatic heterocycles. The van der Waals surface area contributed by atoms with Gasteiger partial charge < -0.3 is 29.9 Å². The molecule has 0 bridgehead atoms. The second-order valence-electron chi connectivity index (χ2n) is 7.26. The maximum absolute atomic E-state index is 10.8. The normalized spacial score (nSPS) is 10.8. The van der Waals surface area contributed by atoms with Crippen molar-refractivity contribution in [3.05, 3.63) is 65.7 Å². The average molecular weight is 496 g/mol. The van der Waals surface area contributed by atoms with Crippen LogP contribution in [0.2, 0.25) is 5.02 Å². The van der Waals surface area contributed by atoms with E-state index >= 15 is 0 Å². The number of para-hydroxylation sites is 2. The molecule has 4 rings (SSSR count). The number of halogens is 1. The summed E-state index contributed by atoms with van der Waals surface area (Å²) >= 11 is 6.03. The van der Waals surface area contributed by atoms with Gasteiger partial charge in [-0.05, 0) is 48.5 Å². The van der Waals surface area contributed by atoms with Crippen molar-refractivity contribution in [2.75, 3.05) is 26.4 Å². The highest BCUT2D eigenvalue weighted by molar-refractivity contribution is 6.30. The topological polar surface area (TPSA) is 138 Å². The molecule has 180 valence electrons. The van der Waals surface area contributed by atoms with E-state index in [1.165, 1.54) is 0 Å². The highest BCUT2D eigenvalue weighted by atomic mass is 35.5. The number of hydrogen-bond donors (Lipinski definition) is 4. The van der Waals surface area contributed by atoms with E-state index in [-0.39, 0.29) is 78.0 Å². The molecule has 0 spiro atoms. The zero-order valence-electron chi connectivity index (χ0n) is 18.4. The number of nitrogens with zero attached hydrogens (tertiary/aromatic N) is 3. The van der Waals surface area contributed by atoms with Crippen molar-refractivity contribution in [3.8, 4) is 57.2 Å². The Morgan fingerprint density at radius 3 is 1.54 bits per heavy atom. The quantitative estimate of drug-likeness (QED) is 0.274. The van der Waals surface area contributed by atoms with E-state index < -0.39 is 0 Å². The molecule has 0 radical (unpaired) electrons. The van der Waals surface area contributed by atoms with Gasteiger partial charge in [0.15, 0.2) is 40.5 Å². The fourth-order valence-corrected chi connectivity index (χ4v) is 3.42. The fraction of sp³-hybridized carbons (Fsp3) is 0.160. The Hall–Kier alpha value is -3.92. The van der Waals surface area contributed by atoms with E-state index in [4.69, 9.17) is 31.3 Å². The first-order valence-corrected chi connectivity index (χ1v) is 11.0. The van der Waals surface area contributed by atoms with Crippen LogP contribution in [0.3, 0.4) is 0 Å². The minimum Gasteiger partial charge on any atom is -0.504 e. The molecule has 4 N–H and O–H groups in total. The lowest BCUT2D eigenvalue weighted by Crippen LogP contribution is -2.04. The molecule has 0 saturated carbocycles. The molecule has 35 heavy (non-hydrogen) atoms. The standard InChI is InChI=1S/C25H22ClN3O6/c26-16-9-7-15(8-10-16)23-27-24(17-3-1-5-19(21(17)32)34-13-11-30)29-25(28-23)18-4-2-6-20(22(18)33)35-14-12-31/h1-10,30-33H,11-14H2. The number of phenols is 2. The lowest BCUT2D eigenvalue weighted by Gasteiger charge is -2.13. The van der Waals surface area contributed by atoms with Gasteiger partial charge in [0.05, 0.1) is 24.3 Å². The van der Waals surface area contributed by atoms with E-state index in [9.17, 15) is 10.2 Å². The molecule has 0 saturated heterocycles. The van der Waals surface area contributed by atoms with E-state index in [1.807, 2.05) is 0 Å². The third kappa shape index (κ3) is 5.43. The molecule has 0 aliphatic heterocycles. The van der Waals surface area contributed by atoms with E-state index in [1.54, 1.807) is 60.7 Å². The maximum Gasteiger partial charge on any atom is 0.168 e. The van der Waals surface area contributed by atoms with Crippen molar-refractivity contribution >= 4 is 11.6 Å². The van der Waals surface area contributed by atoms with Gasteiger partial charge in [0.1, 0.15) is 13.2 Å². The molecule has 0 atom stereocenters. The molecule has 9 nitrogen and oxygen atoms in total. The number of aromatic hydroxyl groups is 2. The molecular weight excluding hydrogens is 474 g/mol. The molecule has 0 aliphatic carbocycles. The summed E-state index contributed by atoms with van der Waals surface area (Å²) in [5.41, 5.74) is 1.18. The molecule has 0 aliphatic rings. The Bertz CT molecular complexity index is 1240. The van der Waals surface area contributed by atoms with Crippen LogP contribution in [0, 0.1) is 0 Å². The highest BCUT2D eigenvalue weighted by Gasteiger charge is 2.19. The van der Waals surface area contributed by atoms with Gasteiger partial charge in [-0.3, -0.25) is 0 Å². The third-order valence-electron chi connectivity index (χ3n) is 4.92. The summed E-state index contributed by atoms with van der Waals surface area (Å²) in [6.07, 6.45) is 0. The average Bonchev–Trinajstić information content (AvgIpc) is 2.87. The summed E-state index contributed by atoms with van der Waals surface area (Å²) in [4.78, 5) is 13.6. The number of ether oxygens (including phenoxy) is 2. The Labute approximate surface area is 205 Å². The fourth-order valence-electron chi connectivity index (χ4n) is 3.29. The predicted molar refractivity (Wildman–Crippen MR) is 130 cm³/mol. The van der Waals surface area contributed by atoms with E-state index in [2.05, 4.69) is 15.0 Å². The third-order valence-corrected chi connectivity index (χ3v) is 5.17. The molecule has 1 heterocycles. The van der Waals surface area contributed by atoms with Crippen LogP contribution in [-0.4, -0.2) is 61.8 Å². The smallest absolute Gasteiger partial charge is 0.168 e. The summed E-state index contributed by atoms with van der Waals surface area (Å²) in [6.45, 7) is -0.420. The number of benzene rings is 3. The first kappa shape index (κ1) is 24.2. The zero-order valence-corrected chi connectivity index (χ0v) is 19.2. The van der Waals surface area contributed by atoms with Crippen LogP contribution < -0.4 is 9.47 Å². The molecular formula is C25H22ClN3O6. The Balaban J connectivity index is 1.89. The molecule has 4 aromatic rings. The van der Waals surface area contributed by atoms with Crippen molar-refractivity contribution in [2.24, 2.45) is 0 Å². The van der Waals surface area contributed by atoms with Gasteiger partial charge >= 0.3 is 0 Å². The number of phenolic OH excluding ortho intramolecular Hbond substituents is 2. The second kappa shape index (κ2) is 11.0. The van der Waals surface area contributed by atoms with Gasteiger partial charge in [0.25, 0.3) is 0 Å². The van der Waals surface area contributed by atoms with Gasteiger partial charge in [-0.1, -0.05) is 23.7 Å². The number of aliphatic hydroxyl groups is 2. The summed E-state index contributed by atoms with van der Waals surface area (Å²) in [5.74, 6) is 0.459. The number of rotatable bonds is 9. The molecule has 0 unspecified atom stereocenters. The molecule has 10 heteroatoms. The van der Waals surface area contributed by atoms with Gasteiger partial charge in [-0.15, -0.1) is 0 Å². The Kier molecular flexibility index (Phi) is 7.61. The SMILES string of the molecule is OCCOc1cccc(-c2nc(-c3ccc(Cl)cc3)nc(-c3cccc(OCCO)c3O)n2)c1O. The zero-order chi connectivity index (χ0) is 24.8. The molecule has 0 amide bonds. The molecule has 0 fully saturated rings. The number of aliphatic hydroxyl groups excluding tert-OH is 2. The van der Waals surface area contributed by atoms with Gasteiger partial charge in [-0.25, -0.2) is 15.0 Å². The van der Waals surface area contributed by atoms with Gasteiger partial charge in [0, 0.05) is 10.6 Å². The Morgan fingerprint density at radius 2 is 1.09 bits per heavy atom. The monoisotopic (exact) mass is 495 g/mol. The van der Waals surface area contributed by atoms with Crippen LogP contribution in [0.4, 0.5) is 0 Å². The van der Waals surface area contributed by atoms with Crippen LogP contribution in [0.25, 0.3) is 34.2 Å². The van der Waals surface area contributed by atoms with E-state index in [0.29, 0.717) is 10.6 Å². The minimum absolute atomic E-state index is 0.00396. The summed E-state index contributed by atoms with van der Waals surface area (Å²) in [7, 11) is 0. The predicted octanol–water partition coefficient (Wildman–Crippen LogP) is 3.68. The van der Waals surface area contributed by atoms with Gasteiger partial charge in [0.2, 0.25) is 0 Å². The summed E-state index contributed by atoms with van der Waals surface area (Å²) in [6, 6.07) is 16.6. The highest BCUT2D eigenvalue weighted by Crippen LogP contribution is 2.39. The van der Waals surface area contributed by atoms with Crippen LogP contribution >= 0.6 is 11.6 Å². The summed E-state index contributed by atoms with van der Waals surface area (Å²) < 4.78 is 10.8. The number of aromatic nitrogens is 3. The lowest BCUT2D eigenvalue weighted by molar-refractivity contribution is 0.197. The van der Waals surface area contributed by atoms with Crippen molar-refractivity contribution in [3.63, 3.8) is 0 Å². The van der Waals surface area contributed by atoms with Crippen molar-refractivity contribution in [1.29, 1.82) is 0 Å². The van der Waals surface area contributed by atoms with Crippen molar-refractivity contribution in [2.45, 2.75) is 0 Å². The first-order valence-electron chi connectivity index (χ1n) is 10.7. The lowest BCUT2D eigenvalue weighted by atomic mass is 10.1. The van der Waals surface area contributed by atoms with Crippen molar-refractivity contribution < 1.29 is 29.9 Å². The number of hydrogen-bond acceptors (Lipinski definition) is 9. The minimum atomic E-state index is -0.214.